The number of fused-ring (bicyclic) bond motifs is 1. The lowest BCUT2D eigenvalue weighted by Gasteiger charge is -2.35. The van der Waals surface area contributed by atoms with Crippen LogP contribution in [-0.4, -0.2) is 48.9 Å². The highest BCUT2D eigenvalue weighted by atomic mass is 31.2. The van der Waals surface area contributed by atoms with E-state index < -0.39 is 25.0 Å². The van der Waals surface area contributed by atoms with Crippen LogP contribution in [0, 0.1) is 0 Å². The molecule has 0 spiro atoms. The predicted molar refractivity (Wildman–Crippen MR) is 150 cm³/mol. The van der Waals surface area contributed by atoms with Crippen molar-refractivity contribution in [2.75, 3.05) is 26.3 Å². The Morgan fingerprint density at radius 1 is 1.10 bits per heavy atom. The first kappa shape index (κ1) is 30.7. The van der Waals surface area contributed by atoms with E-state index in [2.05, 4.69) is 30.9 Å². The van der Waals surface area contributed by atoms with Crippen molar-refractivity contribution < 1.29 is 33.5 Å². The molecule has 3 N–H and O–H groups in total. The molecule has 0 saturated heterocycles. The van der Waals surface area contributed by atoms with Gasteiger partial charge in [-0.15, -0.1) is 0 Å². The molecule has 0 aromatic heterocycles. The minimum Gasteiger partial charge on any atom is -0.508 e. The Hall–Kier alpha value is -2.87. The first-order chi connectivity index (χ1) is 18.3. The number of ether oxygens (including phenoxy) is 3. The maximum absolute atomic E-state index is 14.1. The summed E-state index contributed by atoms with van der Waals surface area (Å²) >= 11 is 0. The number of allylic oxidation sites excluding steroid dienone is 2. The predicted octanol–water partition coefficient (Wildman–Crippen LogP) is 5.22. The minimum atomic E-state index is -3.74. The smallest absolute Gasteiger partial charge is 0.320 e. The Morgan fingerprint density at radius 3 is 2.23 bits per heavy atom. The molecule has 1 aliphatic heterocycles. The van der Waals surface area contributed by atoms with Crippen LogP contribution < -0.4 is 10.2 Å². The Morgan fingerprint density at radius 2 is 1.69 bits per heavy atom. The number of phenols is 1. The fourth-order valence-corrected chi connectivity index (χ4v) is 6.90. The average molecular weight is 561 g/mol. The molecule has 1 aromatic rings. The molecule has 0 amide bonds. The molecule has 0 bridgehead atoms. The molecule has 1 atom stereocenters. The second kappa shape index (κ2) is 12.5. The van der Waals surface area contributed by atoms with Crippen LogP contribution in [0.3, 0.4) is 0 Å². The summed E-state index contributed by atoms with van der Waals surface area (Å²) in [5.41, 5.74) is 5.64. The van der Waals surface area contributed by atoms with Crippen molar-refractivity contribution in [3.05, 3.63) is 63.2 Å². The number of esters is 2. The summed E-state index contributed by atoms with van der Waals surface area (Å²) in [7, 11) is -3.74. The summed E-state index contributed by atoms with van der Waals surface area (Å²) in [5, 5.41) is 15.8. The van der Waals surface area contributed by atoms with Crippen LogP contribution in [-0.2, 0) is 34.8 Å². The van der Waals surface area contributed by atoms with E-state index in [0.717, 1.165) is 33.4 Å². The van der Waals surface area contributed by atoms with Gasteiger partial charge in [-0.3, -0.25) is 14.2 Å². The summed E-state index contributed by atoms with van der Waals surface area (Å²) < 4.78 is 30.4. The van der Waals surface area contributed by atoms with E-state index in [1.165, 1.54) is 0 Å². The van der Waals surface area contributed by atoms with Gasteiger partial charge in [0.25, 0.3) is 7.44 Å². The van der Waals surface area contributed by atoms with Crippen molar-refractivity contribution in [2.45, 2.75) is 72.8 Å². The van der Waals surface area contributed by atoms with Gasteiger partial charge in [0.2, 0.25) is 0 Å². The van der Waals surface area contributed by atoms with Crippen LogP contribution in [0.4, 0.5) is 0 Å². The SMILES string of the molecule is CCOC(=O)CNP(=O)(NCC(=O)OCC)C1=CC2=C(C)C(Cc3ccc(O)c(C(C)C)c3)=C(C)CC2(C)O1. The molecule has 1 aliphatic carbocycles. The minimum absolute atomic E-state index is 0.147. The van der Waals surface area contributed by atoms with Crippen molar-refractivity contribution in [1.82, 2.24) is 10.2 Å². The number of hydrogen-bond acceptors (Lipinski definition) is 7. The largest absolute Gasteiger partial charge is 0.508 e. The van der Waals surface area contributed by atoms with Gasteiger partial charge in [-0.25, -0.2) is 10.2 Å². The maximum Gasteiger partial charge on any atom is 0.320 e. The van der Waals surface area contributed by atoms with Gasteiger partial charge < -0.3 is 19.3 Å². The third-order valence-corrected chi connectivity index (χ3v) is 9.10. The molecule has 2 aliphatic rings. The van der Waals surface area contributed by atoms with E-state index in [9.17, 15) is 19.3 Å². The Labute approximate surface area is 231 Å². The molecule has 0 radical (unpaired) electrons. The Balaban J connectivity index is 1.95. The van der Waals surface area contributed by atoms with Crippen LogP contribution >= 0.6 is 7.44 Å². The number of aromatic hydroxyl groups is 1. The number of hydrogen-bond donors (Lipinski definition) is 3. The number of carbonyl (C=O) groups excluding carboxylic acids is 2. The third kappa shape index (κ3) is 7.02. The van der Waals surface area contributed by atoms with Crippen molar-refractivity contribution in [3.63, 3.8) is 0 Å². The fraction of sp³-hybridized carbons (Fsp3) is 0.517. The van der Waals surface area contributed by atoms with Gasteiger partial charge in [0, 0.05) is 12.0 Å². The number of phenolic OH excluding ortho intramolecular Hbond substituents is 1. The van der Waals surface area contributed by atoms with E-state index >= 15 is 0 Å². The number of carbonyl (C=O) groups is 2. The molecule has 0 saturated carbocycles. The summed E-state index contributed by atoms with van der Waals surface area (Å²) in [6, 6.07) is 5.73. The van der Waals surface area contributed by atoms with Crippen LogP contribution in [0.25, 0.3) is 0 Å². The van der Waals surface area contributed by atoms with Gasteiger partial charge in [0.15, 0.2) is 5.50 Å². The quantitative estimate of drug-likeness (QED) is 0.233. The second-order valence-electron chi connectivity index (χ2n) is 10.4. The molecular formula is C29H41N2O7P. The molecule has 3 rings (SSSR count). The zero-order valence-electron chi connectivity index (χ0n) is 24.0. The monoisotopic (exact) mass is 560 g/mol. The lowest BCUT2D eigenvalue weighted by Crippen LogP contribution is -2.34. The molecule has 10 heteroatoms. The van der Waals surface area contributed by atoms with E-state index in [1.807, 2.05) is 26.0 Å². The van der Waals surface area contributed by atoms with Crippen molar-refractivity contribution >= 4 is 19.4 Å². The number of nitrogens with one attached hydrogen (secondary N) is 2. The topological polar surface area (TPSA) is 123 Å². The van der Waals surface area contributed by atoms with Gasteiger partial charge >= 0.3 is 11.9 Å². The summed E-state index contributed by atoms with van der Waals surface area (Å²) in [4.78, 5) is 24.1. The molecule has 0 fully saturated rings. The van der Waals surface area contributed by atoms with Crippen LogP contribution in [0.15, 0.2) is 52.1 Å². The lowest BCUT2D eigenvalue weighted by molar-refractivity contribution is -0.142. The standard InChI is InChI=1S/C29H41N2O7P/c1-8-36-26(33)16-30-39(35,31-17-27(34)37-9-2)28-14-24-20(6)23(19(5)15-29(24,7)38-28)13-21-10-11-25(32)22(12-21)18(3)4/h10-12,14,18,32H,8-9,13,15-17H2,1-7H3,(H2,30,31,35). The zero-order valence-corrected chi connectivity index (χ0v) is 24.9. The Bertz CT molecular complexity index is 1240. The molecule has 39 heavy (non-hydrogen) atoms. The van der Waals surface area contributed by atoms with Crippen LogP contribution in [0.2, 0.25) is 0 Å². The van der Waals surface area contributed by atoms with Crippen molar-refractivity contribution in [1.29, 1.82) is 0 Å². The van der Waals surface area contributed by atoms with E-state index in [1.54, 1.807) is 26.0 Å². The van der Waals surface area contributed by atoms with Gasteiger partial charge in [-0.2, -0.15) is 0 Å². The van der Waals surface area contributed by atoms with Gasteiger partial charge in [0.05, 0.1) is 13.2 Å². The Kier molecular flexibility index (Phi) is 9.86. The number of benzene rings is 1. The summed E-state index contributed by atoms with van der Waals surface area (Å²) in [6.45, 7) is 13.3. The second-order valence-corrected chi connectivity index (χ2v) is 12.7. The van der Waals surface area contributed by atoms with E-state index in [0.29, 0.717) is 18.6 Å². The zero-order chi connectivity index (χ0) is 29.0. The molecule has 1 heterocycles. The van der Waals surface area contributed by atoms with Crippen molar-refractivity contribution in [3.8, 4) is 5.75 Å². The van der Waals surface area contributed by atoms with Gasteiger partial charge in [0.1, 0.15) is 24.4 Å². The average Bonchev–Trinajstić information content (AvgIpc) is 3.23. The lowest BCUT2D eigenvalue weighted by atomic mass is 9.76. The van der Waals surface area contributed by atoms with Crippen LogP contribution in [0.1, 0.15) is 71.9 Å². The maximum atomic E-state index is 14.1. The first-order valence-corrected chi connectivity index (χ1v) is 15.1. The van der Waals surface area contributed by atoms with Crippen LogP contribution in [0.5, 0.6) is 5.75 Å². The summed E-state index contributed by atoms with van der Waals surface area (Å²) in [5.74, 6) is -0.643. The highest BCUT2D eigenvalue weighted by molar-refractivity contribution is 7.64. The van der Waals surface area contributed by atoms with Gasteiger partial charge in [-0.05, 0) is 81.4 Å². The van der Waals surface area contributed by atoms with Crippen molar-refractivity contribution in [2.24, 2.45) is 0 Å². The highest BCUT2D eigenvalue weighted by Crippen LogP contribution is 2.56. The van der Waals surface area contributed by atoms with E-state index in [-0.39, 0.29) is 37.7 Å². The molecular weight excluding hydrogens is 519 g/mol. The molecule has 9 nitrogen and oxygen atoms in total. The number of rotatable bonds is 12. The third-order valence-electron chi connectivity index (χ3n) is 7.05. The molecule has 1 aromatic carbocycles. The highest BCUT2D eigenvalue weighted by Gasteiger charge is 2.46. The molecule has 214 valence electrons. The van der Waals surface area contributed by atoms with Gasteiger partial charge in [-0.1, -0.05) is 31.6 Å². The summed E-state index contributed by atoms with van der Waals surface area (Å²) in [6.07, 6.45) is 3.02. The normalized spacial score (nSPS) is 19.1. The fourth-order valence-electron chi connectivity index (χ4n) is 5.13. The van der Waals surface area contributed by atoms with E-state index in [4.69, 9.17) is 14.2 Å². The molecule has 1 unspecified atom stereocenters. The first-order valence-electron chi connectivity index (χ1n) is 13.4.